The number of ether oxygens (including phenoxy) is 1. The van der Waals surface area contributed by atoms with Gasteiger partial charge in [-0.15, -0.1) is 0 Å². The van der Waals surface area contributed by atoms with Gasteiger partial charge in [0, 0.05) is 37.7 Å². The molecule has 1 aliphatic rings. The van der Waals surface area contributed by atoms with Gasteiger partial charge in [-0.1, -0.05) is 0 Å². The van der Waals surface area contributed by atoms with Gasteiger partial charge in [0.2, 0.25) is 0 Å². The third kappa shape index (κ3) is 4.85. The molecule has 1 aromatic carbocycles. The Balaban J connectivity index is 1.57. The number of hydrogen-bond acceptors (Lipinski definition) is 6. The summed E-state index contributed by atoms with van der Waals surface area (Å²) in [6.07, 6.45) is 1.63. The topological polar surface area (TPSA) is 106 Å². The molecule has 36 heavy (non-hydrogen) atoms. The Morgan fingerprint density at radius 1 is 1.06 bits per heavy atom. The fraction of sp³-hybridized carbons (Fsp3) is 0.308. The Hall–Kier alpha value is -4.05. The van der Waals surface area contributed by atoms with E-state index < -0.39 is 17.6 Å². The number of Topliss-reactive ketones (excluding diaryl/α,β-unsaturated/α-hetero) is 1. The zero-order valence-corrected chi connectivity index (χ0v) is 20.6. The van der Waals surface area contributed by atoms with E-state index in [-0.39, 0.29) is 17.1 Å². The van der Waals surface area contributed by atoms with Gasteiger partial charge in [0.15, 0.2) is 5.82 Å². The summed E-state index contributed by atoms with van der Waals surface area (Å²) in [4.78, 5) is 45.7. The molecule has 0 aliphatic carbocycles. The maximum atomic E-state index is 13.6. The summed E-state index contributed by atoms with van der Waals surface area (Å²) in [5.41, 5.74) is 2.55. The molecule has 2 N–H and O–H groups in total. The lowest BCUT2D eigenvalue weighted by atomic mass is 10.1. The minimum absolute atomic E-state index is 0.113. The first-order valence-corrected chi connectivity index (χ1v) is 11.6. The number of rotatable bonds is 6. The zero-order chi connectivity index (χ0) is 26.0. The molecule has 0 saturated carbocycles. The molecule has 2 aromatic heterocycles. The third-order valence-corrected chi connectivity index (χ3v) is 6.34. The highest BCUT2D eigenvalue weighted by Crippen LogP contribution is 2.26. The number of aryl methyl sites for hydroxylation is 1. The number of pyridine rings is 1. The molecule has 0 unspecified atom stereocenters. The Bertz CT molecular complexity index is 1340. The van der Waals surface area contributed by atoms with E-state index in [0.717, 1.165) is 0 Å². The summed E-state index contributed by atoms with van der Waals surface area (Å²) >= 11 is 0. The summed E-state index contributed by atoms with van der Waals surface area (Å²) in [6.45, 7) is 7.27. The Morgan fingerprint density at radius 3 is 2.47 bits per heavy atom. The van der Waals surface area contributed by atoms with E-state index >= 15 is 0 Å². The highest BCUT2D eigenvalue weighted by molar-refractivity contribution is 6.46. The second-order valence-corrected chi connectivity index (χ2v) is 8.67. The van der Waals surface area contributed by atoms with Crippen molar-refractivity contribution in [2.24, 2.45) is 7.05 Å². The van der Waals surface area contributed by atoms with E-state index in [1.54, 1.807) is 46.1 Å². The fourth-order valence-corrected chi connectivity index (χ4v) is 4.36. The van der Waals surface area contributed by atoms with E-state index in [9.17, 15) is 18.8 Å². The summed E-state index contributed by atoms with van der Waals surface area (Å²) in [5.74, 6) is -1.86. The maximum Gasteiger partial charge on any atom is 0.298 e. The Labute approximate surface area is 208 Å². The normalized spacial score (nSPS) is 13.4. The number of hydrogen-bond donors (Lipinski definition) is 2. The van der Waals surface area contributed by atoms with Crippen LogP contribution in [-0.4, -0.2) is 53.5 Å². The Morgan fingerprint density at radius 2 is 1.78 bits per heavy atom. The van der Waals surface area contributed by atoms with Gasteiger partial charge in [-0.05, 0) is 62.2 Å². The molecule has 1 saturated heterocycles. The van der Waals surface area contributed by atoms with Gasteiger partial charge in [-0.3, -0.25) is 14.4 Å². The lowest BCUT2D eigenvalue weighted by molar-refractivity contribution is -0.112. The van der Waals surface area contributed by atoms with Gasteiger partial charge in [-0.25, -0.2) is 9.37 Å². The van der Waals surface area contributed by atoms with Crippen LogP contribution in [0.5, 0.6) is 0 Å². The Kier molecular flexibility index (Phi) is 7.16. The van der Waals surface area contributed by atoms with Crippen molar-refractivity contribution in [3.63, 3.8) is 0 Å². The number of amides is 2. The van der Waals surface area contributed by atoms with Crippen molar-refractivity contribution >= 4 is 34.8 Å². The molecule has 188 valence electrons. The van der Waals surface area contributed by atoms with Crippen LogP contribution in [0.3, 0.4) is 0 Å². The van der Waals surface area contributed by atoms with Gasteiger partial charge in [0.25, 0.3) is 17.6 Å². The molecular formula is C26H28FN5O4. The highest BCUT2D eigenvalue weighted by atomic mass is 19.1. The van der Waals surface area contributed by atoms with Crippen LogP contribution in [0.15, 0.2) is 36.5 Å². The number of anilines is 3. The number of aromatic nitrogens is 2. The van der Waals surface area contributed by atoms with Crippen molar-refractivity contribution in [1.29, 1.82) is 0 Å². The second kappa shape index (κ2) is 10.3. The summed E-state index contributed by atoms with van der Waals surface area (Å²) in [5, 5.41) is 5.43. The van der Waals surface area contributed by atoms with Gasteiger partial charge in [0.1, 0.15) is 5.82 Å². The van der Waals surface area contributed by atoms with Crippen LogP contribution in [0.1, 0.15) is 37.7 Å². The lowest BCUT2D eigenvalue weighted by Crippen LogP contribution is -2.37. The predicted molar refractivity (Wildman–Crippen MR) is 134 cm³/mol. The monoisotopic (exact) mass is 493 g/mol. The van der Waals surface area contributed by atoms with Gasteiger partial charge in [-0.2, -0.15) is 0 Å². The summed E-state index contributed by atoms with van der Waals surface area (Å²) < 4.78 is 20.5. The van der Waals surface area contributed by atoms with Crippen molar-refractivity contribution in [1.82, 2.24) is 9.55 Å². The fourth-order valence-electron chi connectivity index (χ4n) is 4.36. The first kappa shape index (κ1) is 25.1. The molecule has 1 fully saturated rings. The molecule has 3 aromatic rings. The van der Waals surface area contributed by atoms with Crippen LogP contribution in [-0.2, 0) is 16.6 Å². The zero-order valence-electron chi connectivity index (χ0n) is 20.6. The van der Waals surface area contributed by atoms with E-state index in [4.69, 9.17) is 4.74 Å². The van der Waals surface area contributed by atoms with Crippen LogP contribution < -0.4 is 15.5 Å². The standard InChI is InChI=1S/C26H28FN5O4/c1-15-14-18(7-8-19(15)27)29-25(34)21-16(2)22(31(4)17(21)3)23(33)26(35)30-20-6-5-9-28-24(20)32-10-12-36-13-11-32/h5-9,14H,10-13H2,1-4H3,(H,29,34)(H,30,35). The molecular weight excluding hydrogens is 465 g/mol. The molecule has 2 amide bonds. The third-order valence-electron chi connectivity index (χ3n) is 6.34. The second-order valence-electron chi connectivity index (χ2n) is 8.67. The molecule has 0 bridgehead atoms. The predicted octanol–water partition coefficient (Wildman–Crippen LogP) is 3.39. The lowest BCUT2D eigenvalue weighted by Gasteiger charge is -2.29. The molecule has 0 atom stereocenters. The van der Waals surface area contributed by atoms with E-state index in [1.165, 1.54) is 22.8 Å². The molecule has 9 nitrogen and oxygen atoms in total. The summed E-state index contributed by atoms with van der Waals surface area (Å²) in [7, 11) is 1.63. The van der Waals surface area contributed by atoms with Crippen LogP contribution in [0.4, 0.5) is 21.6 Å². The van der Waals surface area contributed by atoms with E-state index in [1.807, 2.05) is 4.90 Å². The van der Waals surface area contributed by atoms with Crippen LogP contribution >= 0.6 is 0 Å². The number of nitrogens with zero attached hydrogens (tertiary/aromatic N) is 3. The SMILES string of the molecule is Cc1cc(NC(=O)c2c(C)c(C(=O)C(=O)Nc3cccnc3N3CCOCC3)n(C)c2C)ccc1F. The van der Waals surface area contributed by atoms with Crippen molar-refractivity contribution in [2.45, 2.75) is 20.8 Å². The van der Waals surface area contributed by atoms with E-state index in [2.05, 4.69) is 15.6 Å². The number of nitrogens with one attached hydrogen (secondary N) is 2. The number of benzene rings is 1. The number of halogens is 1. The van der Waals surface area contributed by atoms with Crippen molar-refractivity contribution in [3.05, 3.63) is 70.4 Å². The number of carbonyl (C=O) groups excluding carboxylic acids is 3. The van der Waals surface area contributed by atoms with Gasteiger partial charge < -0.3 is 24.8 Å². The molecule has 0 radical (unpaired) electrons. The summed E-state index contributed by atoms with van der Waals surface area (Å²) in [6, 6.07) is 7.64. The number of morpholine rings is 1. The van der Waals surface area contributed by atoms with Crippen molar-refractivity contribution < 1.29 is 23.5 Å². The van der Waals surface area contributed by atoms with Crippen molar-refractivity contribution in [2.75, 3.05) is 41.8 Å². The number of ketones is 1. The molecule has 0 spiro atoms. The highest BCUT2D eigenvalue weighted by Gasteiger charge is 2.29. The average Bonchev–Trinajstić information content (AvgIpc) is 3.09. The average molecular weight is 494 g/mol. The molecule has 10 heteroatoms. The quantitative estimate of drug-likeness (QED) is 0.403. The molecule has 1 aliphatic heterocycles. The first-order chi connectivity index (χ1) is 17.2. The van der Waals surface area contributed by atoms with Gasteiger partial charge in [0.05, 0.1) is 30.2 Å². The van der Waals surface area contributed by atoms with Crippen LogP contribution in [0, 0.1) is 26.6 Å². The minimum Gasteiger partial charge on any atom is -0.378 e. The minimum atomic E-state index is -0.831. The molecule has 3 heterocycles. The van der Waals surface area contributed by atoms with Crippen molar-refractivity contribution in [3.8, 4) is 0 Å². The van der Waals surface area contributed by atoms with E-state index in [0.29, 0.717) is 60.3 Å². The van der Waals surface area contributed by atoms with Gasteiger partial charge >= 0.3 is 0 Å². The van der Waals surface area contributed by atoms with Crippen LogP contribution in [0.2, 0.25) is 0 Å². The van der Waals surface area contributed by atoms with Crippen LogP contribution in [0.25, 0.3) is 0 Å². The first-order valence-electron chi connectivity index (χ1n) is 11.6. The molecule has 4 rings (SSSR count). The maximum absolute atomic E-state index is 13.6. The number of carbonyl (C=O) groups is 3. The smallest absolute Gasteiger partial charge is 0.298 e. The largest absolute Gasteiger partial charge is 0.378 e.